The number of hydrogen-bond donors (Lipinski definition) is 1. The average molecular weight is 355 g/mol. The molecule has 1 amide bonds. The zero-order valence-electron chi connectivity index (χ0n) is 15.4. The fourth-order valence-electron chi connectivity index (χ4n) is 3.24. The van der Waals surface area contributed by atoms with Crippen molar-refractivity contribution in [3.63, 3.8) is 0 Å². The van der Waals surface area contributed by atoms with E-state index in [1.165, 1.54) is 11.6 Å². The number of nitrogens with one attached hydrogen (secondary N) is 1. The summed E-state index contributed by atoms with van der Waals surface area (Å²) < 4.78 is 13.7. The molecule has 2 aromatic carbocycles. The lowest BCUT2D eigenvalue weighted by atomic mass is 10.1. The van der Waals surface area contributed by atoms with Gasteiger partial charge < -0.3 is 10.2 Å². The molecule has 4 nitrogen and oxygen atoms in total. The molecule has 3 rings (SSSR count). The number of carbonyl (C=O) groups is 1. The molecule has 26 heavy (non-hydrogen) atoms. The van der Waals surface area contributed by atoms with E-state index in [-0.39, 0.29) is 17.8 Å². The number of piperazine rings is 1. The molecule has 1 saturated heterocycles. The highest BCUT2D eigenvalue weighted by atomic mass is 19.1. The second-order valence-electron chi connectivity index (χ2n) is 6.92. The molecule has 138 valence electrons. The number of anilines is 1. The summed E-state index contributed by atoms with van der Waals surface area (Å²) in [7, 11) is 0. The van der Waals surface area contributed by atoms with Crippen LogP contribution in [0.1, 0.15) is 18.1 Å². The lowest BCUT2D eigenvalue weighted by Gasteiger charge is -2.36. The Morgan fingerprint density at radius 1 is 1.12 bits per heavy atom. The summed E-state index contributed by atoms with van der Waals surface area (Å²) >= 11 is 0. The first-order chi connectivity index (χ1) is 12.5. The van der Waals surface area contributed by atoms with Crippen LogP contribution in [0.25, 0.3) is 0 Å². The van der Waals surface area contributed by atoms with Crippen LogP contribution in [-0.2, 0) is 11.3 Å². The van der Waals surface area contributed by atoms with Crippen molar-refractivity contribution >= 4 is 11.6 Å². The summed E-state index contributed by atoms with van der Waals surface area (Å²) in [4.78, 5) is 16.9. The second-order valence-corrected chi connectivity index (χ2v) is 6.92. The van der Waals surface area contributed by atoms with Crippen molar-refractivity contribution in [2.24, 2.45) is 0 Å². The molecule has 2 aromatic rings. The summed E-state index contributed by atoms with van der Waals surface area (Å²) in [5.41, 5.74) is 2.53. The van der Waals surface area contributed by atoms with Crippen molar-refractivity contribution in [3.05, 3.63) is 65.5 Å². The van der Waals surface area contributed by atoms with Crippen molar-refractivity contribution in [1.29, 1.82) is 0 Å². The molecular weight excluding hydrogens is 329 g/mol. The van der Waals surface area contributed by atoms with E-state index in [0.717, 1.165) is 32.7 Å². The predicted molar refractivity (Wildman–Crippen MR) is 103 cm³/mol. The summed E-state index contributed by atoms with van der Waals surface area (Å²) in [5.74, 6) is -0.200. The van der Waals surface area contributed by atoms with Crippen LogP contribution < -0.4 is 5.32 Å². The van der Waals surface area contributed by atoms with Crippen LogP contribution in [-0.4, -0.2) is 47.9 Å². The maximum atomic E-state index is 13.7. The van der Waals surface area contributed by atoms with Gasteiger partial charge in [0.05, 0.1) is 0 Å². The number of amides is 1. The van der Waals surface area contributed by atoms with E-state index in [4.69, 9.17) is 0 Å². The Labute approximate surface area is 154 Å². The van der Waals surface area contributed by atoms with Gasteiger partial charge in [0.25, 0.3) is 0 Å². The number of nitrogens with zero attached hydrogens (tertiary/aromatic N) is 2. The first-order valence-corrected chi connectivity index (χ1v) is 9.10. The number of rotatable bonds is 5. The number of aryl methyl sites for hydroxylation is 1. The summed E-state index contributed by atoms with van der Waals surface area (Å²) in [5, 5.41) is 3.11. The number of hydrogen-bond acceptors (Lipinski definition) is 3. The topological polar surface area (TPSA) is 35.6 Å². The highest BCUT2D eigenvalue weighted by Crippen LogP contribution is 2.16. The highest BCUT2D eigenvalue weighted by molar-refractivity contribution is 5.84. The highest BCUT2D eigenvalue weighted by Gasteiger charge is 2.25. The molecule has 1 aliphatic rings. The average Bonchev–Trinajstić information content (AvgIpc) is 2.65. The van der Waals surface area contributed by atoms with E-state index < -0.39 is 0 Å². The van der Waals surface area contributed by atoms with Gasteiger partial charge in [0.1, 0.15) is 11.9 Å². The third kappa shape index (κ3) is 4.61. The van der Waals surface area contributed by atoms with E-state index in [9.17, 15) is 9.18 Å². The normalized spacial score (nSPS) is 16.3. The van der Waals surface area contributed by atoms with E-state index >= 15 is 0 Å². The molecule has 0 aromatic heterocycles. The first kappa shape index (κ1) is 18.4. The summed E-state index contributed by atoms with van der Waals surface area (Å²) in [6.07, 6.45) is 0. The molecule has 0 spiro atoms. The van der Waals surface area contributed by atoms with Gasteiger partial charge in [-0.2, -0.15) is 0 Å². The SMILES string of the molecule is Cc1ccc(N[C@H](C)C(=O)N2CCN(Cc3ccccc3)CC2)cc1F. The third-order valence-electron chi connectivity index (χ3n) is 4.86. The van der Waals surface area contributed by atoms with Gasteiger partial charge in [-0.1, -0.05) is 36.4 Å². The van der Waals surface area contributed by atoms with Crippen molar-refractivity contribution in [1.82, 2.24) is 9.80 Å². The van der Waals surface area contributed by atoms with Crippen LogP contribution in [0.3, 0.4) is 0 Å². The molecule has 5 heteroatoms. The number of halogens is 1. The smallest absolute Gasteiger partial charge is 0.244 e. The second kappa shape index (κ2) is 8.32. The third-order valence-corrected chi connectivity index (χ3v) is 4.86. The van der Waals surface area contributed by atoms with E-state index in [1.807, 2.05) is 17.9 Å². The van der Waals surface area contributed by atoms with Crippen molar-refractivity contribution in [3.8, 4) is 0 Å². The predicted octanol–water partition coefficient (Wildman–Crippen LogP) is 3.28. The molecule has 0 aliphatic carbocycles. The Bertz CT molecular complexity index is 742. The molecule has 1 N–H and O–H groups in total. The molecule has 1 heterocycles. The van der Waals surface area contributed by atoms with Crippen LogP contribution in [0.15, 0.2) is 48.5 Å². The largest absolute Gasteiger partial charge is 0.374 e. The lowest BCUT2D eigenvalue weighted by Crippen LogP contribution is -2.51. The van der Waals surface area contributed by atoms with Crippen LogP contribution >= 0.6 is 0 Å². The van der Waals surface area contributed by atoms with Gasteiger partial charge in [0, 0.05) is 38.4 Å². The fourth-order valence-corrected chi connectivity index (χ4v) is 3.24. The Hall–Kier alpha value is -2.40. The van der Waals surface area contributed by atoms with E-state index in [1.54, 1.807) is 19.1 Å². The van der Waals surface area contributed by atoms with E-state index in [2.05, 4.69) is 34.5 Å². The lowest BCUT2D eigenvalue weighted by molar-refractivity contribution is -0.133. The van der Waals surface area contributed by atoms with Crippen LogP contribution in [0, 0.1) is 12.7 Å². The molecule has 1 atom stereocenters. The summed E-state index contributed by atoms with van der Waals surface area (Å²) in [6, 6.07) is 15.0. The van der Waals surface area contributed by atoms with Gasteiger partial charge in [0.15, 0.2) is 0 Å². The Kier molecular flexibility index (Phi) is 5.89. The fraction of sp³-hybridized carbons (Fsp3) is 0.381. The standard InChI is InChI=1S/C21H26FN3O/c1-16-8-9-19(14-20(16)22)23-17(2)21(26)25-12-10-24(11-13-25)15-18-6-4-3-5-7-18/h3-9,14,17,23H,10-13,15H2,1-2H3/t17-/m1/s1. The maximum Gasteiger partial charge on any atom is 0.244 e. The Morgan fingerprint density at radius 3 is 2.46 bits per heavy atom. The molecule has 0 unspecified atom stereocenters. The van der Waals surface area contributed by atoms with Gasteiger partial charge in [-0.3, -0.25) is 9.69 Å². The summed E-state index contributed by atoms with van der Waals surface area (Å²) in [6.45, 7) is 7.65. The minimum absolute atomic E-state index is 0.0605. The molecule has 1 aliphatic heterocycles. The van der Waals surface area contributed by atoms with Crippen molar-refractivity contribution in [2.75, 3.05) is 31.5 Å². The monoisotopic (exact) mass is 355 g/mol. The van der Waals surface area contributed by atoms with Crippen LogP contribution in [0.5, 0.6) is 0 Å². The van der Waals surface area contributed by atoms with Gasteiger partial charge in [-0.05, 0) is 37.1 Å². The van der Waals surface area contributed by atoms with Gasteiger partial charge in [-0.15, -0.1) is 0 Å². The van der Waals surface area contributed by atoms with Gasteiger partial charge >= 0.3 is 0 Å². The zero-order chi connectivity index (χ0) is 18.5. The molecule has 0 radical (unpaired) electrons. The maximum absolute atomic E-state index is 13.7. The van der Waals surface area contributed by atoms with Crippen molar-refractivity contribution < 1.29 is 9.18 Å². The van der Waals surface area contributed by atoms with Gasteiger partial charge in [-0.25, -0.2) is 4.39 Å². The van der Waals surface area contributed by atoms with Gasteiger partial charge in [0.2, 0.25) is 5.91 Å². The molecular formula is C21H26FN3O. The zero-order valence-corrected chi connectivity index (χ0v) is 15.4. The molecule has 1 fully saturated rings. The molecule has 0 saturated carbocycles. The minimum atomic E-state index is -0.377. The Morgan fingerprint density at radius 2 is 1.81 bits per heavy atom. The minimum Gasteiger partial charge on any atom is -0.374 e. The first-order valence-electron chi connectivity index (χ1n) is 9.10. The van der Waals surface area contributed by atoms with E-state index in [0.29, 0.717) is 11.3 Å². The van der Waals surface area contributed by atoms with Crippen LogP contribution in [0.2, 0.25) is 0 Å². The number of carbonyl (C=O) groups excluding carboxylic acids is 1. The van der Waals surface area contributed by atoms with Crippen LogP contribution in [0.4, 0.5) is 10.1 Å². The number of benzene rings is 2. The molecule has 0 bridgehead atoms. The van der Waals surface area contributed by atoms with Crippen molar-refractivity contribution in [2.45, 2.75) is 26.4 Å². The Balaban J connectivity index is 1.50. The quantitative estimate of drug-likeness (QED) is 0.894.